The van der Waals surface area contributed by atoms with Gasteiger partial charge in [0, 0.05) is 31.4 Å². The number of benzene rings is 1. The van der Waals surface area contributed by atoms with Crippen LogP contribution in [-0.2, 0) is 11.3 Å². The third-order valence-corrected chi connectivity index (χ3v) is 4.35. The summed E-state index contributed by atoms with van der Waals surface area (Å²) in [6.07, 6.45) is 1.69. The van der Waals surface area contributed by atoms with Crippen molar-refractivity contribution in [1.82, 2.24) is 15.0 Å². The van der Waals surface area contributed by atoms with Crippen molar-refractivity contribution in [2.24, 2.45) is 0 Å². The lowest BCUT2D eigenvalue weighted by Crippen LogP contribution is -2.15. The molecule has 0 fully saturated rings. The minimum atomic E-state index is 0.401. The number of hydrogen-bond acceptors (Lipinski definition) is 5. The SMILES string of the molecule is CN(C)c1cc(C(=S=O)c2ccc(Cl)cc2)nc(-c2ccccn2)n1. The predicted octanol–water partition coefficient (Wildman–Crippen LogP) is 3.04. The van der Waals surface area contributed by atoms with Gasteiger partial charge in [0.1, 0.15) is 16.4 Å². The summed E-state index contributed by atoms with van der Waals surface area (Å²) in [7, 11) is 3.78. The van der Waals surface area contributed by atoms with Crippen LogP contribution in [0.15, 0.2) is 54.7 Å². The molecule has 0 aliphatic rings. The van der Waals surface area contributed by atoms with Crippen molar-refractivity contribution in [3.63, 3.8) is 0 Å². The molecule has 0 amide bonds. The van der Waals surface area contributed by atoms with Gasteiger partial charge in [-0.15, -0.1) is 0 Å². The number of halogens is 1. The molecule has 5 nitrogen and oxygen atoms in total. The van der Waals surface area contributed by atoms with Crippen LogP contribution in [0, 0.1) is 0 Å². The number of anilines is 1. The zero-order chi connectivity index (χ0) is 17.8. The molecular weight excluding hydrogens is 356 g/mol. The van der Waals surface area contributed by atoms with E-state index in [1.54, 1.807) is 36.5 Å². The first-order chi connectivity index (χ1) is 12.1. The summed E-state index contributed by atoms with van der Waals surface area (Å²) in [6.45, 7) is 0. The van der Waals surface area contributed by atoms with Crippen molar-refractivity contribution >= 4 is 33.5 Å². The highest BCUT2D eigenvalue weighted by atomic mass is 35.5. The Hall–Kier alpha value is -2.57. The van der Waals surface area contributed by atoms with Crippen molar-refractivity contribution in [2.45, 2.75) is 0 Å². The van der Waals surface area contributed by atoms with Gasteiger partial charge in [-0.25, -0.2) is 14.2 Å². The zero-order valence-corrected chi connectivity index (χ0v) is 15.3. The molecule has 0 saturated heterocycles. The molecule has 2 heterocycles. The Morgan fingerprint density at radius 2 is 1.84 bits per heavy atom. The lowest BCUT2D eigenvalue weighted by molar-refractivity contribution is 0.701. The maximum Gasteiger partial charge on any atom is 0.180 e. The monoisotopic (exact) mass is 370 g/mol. The minimum absolute atomic E-state index is 0.401. The molecule has 0 saturated carbocycles. The fourth-order valence-corrected chi connectivity index (χ4v) is 2.78. The Morgan fingerprint density at radius 1 is 1.08 bits per heavy atom. The standard InChI is InChI=1S/C18H15ClN4OS/c1-23(2)16-11-15(17(25-24)12-6-8-13(19)9-7-12)21-18(22-16)14-5-3-4-10-20-14/h3-11H,1-2H3. The summed E-state index contributed by atoms with van der Waals surface area (Å²) in [5, 5.41) is 0.616. The lowest BCUT2D eigenvalue weighted by atomic mass is 10.1. The first-order valence-electron chi connectivity index (χ1n) is 7.49. The van der Waals surface area contributed by atoms with Gasteiger partial charge in [-0.1, -0.05) is 29.8 Å². The van der Waals surface area contributed by atoms with Gasteiger partial charge in [0.2, 0.25) is 0 Å². The van der Waals surface area contributed by atoms with E-state index in [1.807, 2.05) is 37.2 Å². The van der Waals surface area contributed by atoms with Crippen molar-refractivity contribution in [3.05, 3.63) is 71.0 Å². The van der Waals surface area contributed by atoms with E-state index in [2.05, 4.69) is 15.0 Å². The number of aromatic nitrogens is 3. The highest BCUT2D eigenvalue weighted by Gasteiger charge is 2.14. The lowest BCUT2D eigenvalue weighted by Gasteiger charge is -2.14. The molecule has 2 aromatic heterocycles. The Kier molecular flexibility index (Phi) is 5.21. The number of hydrogen-bond donors (Lipinski definition) is 0. The number of pyridine rings is 1. The molecule has 0 unspecified atom stereocenters. The smallest absolute Gasteiger partial charge is 0.180 e. The Morgan fingerprint density at radius 3 is 2.44 bits per heavy atom. The summed E-state index contributed by atoms with van der Waals surface area (Å²) >= 11 is 6.34. The molecule has 0 bridgehead atoms. The van der Waals surface area contributed by atoms with Crippen LogP contribution in [0.4, 0.5) is 5.82 Å². The highest BCUT2D eigenvalue weighted by molar-refractivity contribution is 7.67. The second kappa shape index (κ2) is 7.55. The van der Waals surface area contributed by atoms with Crippen LogP contribution in [0.25, 0.3) is 11.5 Å². The molecule has 25 heavy (non-hydrogen) atoms. The first kappa shape index (κ1) is 17.3. The van der Waals surface area contributed by atoms with Crippen LogP contribution in [-0.4, -0.2) is 38.1 Å². The summed E-state index contributed by atoms with van der Waals surface area (Å²) in [5.74, 6) is 1.17. The Balaban J connectivity index is 2.16. The fourth-order valence-electron chi connectivity index (χ4n) is 2.23. The molecule has 0 N–H and O–H groups in total. The molecule has 3 rings (SSSR count). The third-order valence-electron chi connectivity index (χ3n) is 3.49. The third kappa shape index (κ3) is 3.92. The van der Waals surface area contributed by atoms with E-state index in [0.29, 0.717) is 44.2 Å². The van der Waals surface area contributed by atoms with Gasteiger partial charge in [-0.2, -0.15) is 0 Å². The molecule has 0 atom stereocenters. The van der Waals surface area contributed by atoms with Crippen LogP contribution < -0.4 is 4.90 Å². The van der Waals surface area contributed by atoms with Crippen LogP contribution in [0.1, 0.15) is 11.3 Å². The van der Waals surface area contributed by atoms with Crippen molar-refractivity contribution in [1.29, 1.82) is 0 Å². The summed E-state index contributed by atoms with van der Waals surface area (Å²) in [6, 6.07) is 14.5. The Bertz CT molecular complexity index is 939. The van der Waals surface area contributed by atoms with Gasteiger partial charge < -0.3 is 4.90 Å². The molecule has 1 aromatic carbocycles. The maximum absolute atomic E-state index is 11.8. The van der Waals surface area contributed by atoms with Crippen LogP contribution in [0.5, 0.6) is 0 Å². The van der Waals surface area contributed by atoms with Crippen molar-refractivity contribution < 1.29 is 4.21 Å². The second-order valence-electron chi connectivity index (χ2n) is 5.46. The number of nitrogens with zero attached hydrogens (tertiary/aromatic N) is 4. The van der Waals surface area contributed by atoms with E-state index in [-0.39, 0.29) is 0 Å². The molecule has 126 valence electrons. The molecule has 0 spiro atoms. The maximum atomic E-state index is 11.8. The van der Waals surface area contributed by atoms with Crippen LogP contribution in [0.2, 0.25) is 5.02 Å². The van der Waals surface area contributed by atoms with Crippen LogP contribution >= 0.6 is 11.6 Å². The van der Waals surface area contributed by atoms with E-state index >= 15 is 0 Å². The van der Waals surface area contributed by atoms with Gasteiger partial charge in [0.05, 0.1) is 16.9 Å². The van der Waals surface area contributed by atoms with Gasteiger partial charge >= 0.3 is 0 Å². The number of rotatable bonds is 4. The average molecular weight is 371 g/mol. The van der Waals surface area contributed by atoms with Gasteiger partial charge in [-0.05, 0) is 29.8 Å². The molecule has 7 heteroatoms. The van der Waals surface area contributed by atoms with Gasteiger partial charge in [-0.3, -0.25) is 4.98 Å². The topological polar surface area (TPSA) is 59.0 Å². The largest absolute Gasteiger partial charge is 0.363 e. The molecule has 3 aromatic rings. The highest BCUT2D eigenvalue weighted by Crippen LogP contribution is 2.20. The minimum Gasteiger partial charge on any atom is -0.363 e. The van der Waals surface area contributed by atoms with E-state index in [9.17, 15) is 4.21 Å². The summed E-state index contributed by atoms with van der Waals surface area (Å²) in [5.41, 5.74) is 1.97. The predicted molar refractivity (Wildman–Crippen MR) is 102 cm³/mol. The molecule has 0 radical (unpaired) electrons. The first-order valence-corrected chi connectivity index (χ1v) is 8.61. The Labute approximate surface area is 154 Å². The summed E-state index contributed by atoms with van der Waals surface area (Å²) in [4.78, 5) is 15.8. The van der Waals surface area contributed by atoms with Crippen molar-refractivity contribution in [2.75, 3.05) is 19.0 Å². The van der Waals surface area contributed by atoms with Crippen LogP contribution in [0.3, 0.4) is 0 Å². The van der Waals surface area contributed by atoms with E-state index < -0.39 is 0 Å². The molecule has 0 aliphatic heterocycles. The van der Waals surface area contributed by atoms with E-state index in [4.69, 9.17) is 11.6 Å². The second-order valence-corrected chi connectivity index (χ2v) is 6.48. The quantitative estimate of drug-likeness (QED) is 0.522. The van der Waals surface area contributed by atoms with Gasteiger partial charge in [0.25, 0.3) is 0 Å². The summed E-state index contributed by atoms with van der Waals surface area (Å²) < 4.78 is 11.8. The van der Waals surface area contributed by atoms with E-state index in [1.165, 1.54) is 0 Å². The average Bonchev–Trinajstić information content (AvgIpc) is 2.64. The zero-order valence-electron chi connectivity index (χ0n) is 13.7. The van der Waals surface area contributed by atoms with Crippen molar-refractivity contribution in [3.8, 4) is 11.5 Å². The molecule has 0 aliphatic carbocycles. The normalized spacial score (nSPS) is 10.4. The van der Waals surface area contributed by atoms with Gasteiger partial charge in [0.15, 0.2) is 5.82 Å². The van der Waals surface area contributed by atoms with E-state index in [0.717, 1.165) is 5.56 Å². The fraction of sp³-hybridized carbons (Fsp3) is 0.111. The molecular formula is C18H15ClN4OS.